The second-order valence-corrected chi connectivity index (χ2v) is 45.0. The normalized spacial score (nSPS) is 12.4. The molecule has 0 atom stereocenters. The van der Waals surface area contributed by atoms with E-state index in [2.05, 4.69) is 536 Å². The van der Waals surface area contributed by atoms with Gasteiger partial charge in [-0.15, -0.1) is 0 Å². The predicted molar refractivity (Wildman–Crippen MR) is 547 cm³/mol. The Morgan fingerprint density at radius 2 is 0.457 bits per heavy atom. The van der Waals surface area contributed by atoms with E-state index >= 15 is 0 Å². The maximum Gasteiger partial charge on any atom is 0.252 e. The van der Waals surface area contributed by atoms with Crippen LogP contribution in [0.4, 0.5) is 34.1 Å². The van der Waals surface area contributed by atoms with Gasteiger partial charge in [0.25, 0.3) is 6.71 Å². The third kappa shape index (κ3) is 12.7. The van der Waals surface area contributed by atoms with Crippen molar-refractivity contribution >= 4 is 165 Å². The number of fused-ring (bicyclic) bond motifs is 7. The Kier molecular flexibility index (Phi) is 19.4. The fourth-order valence-electron chi connectivity index (χ4n) is 21.6. The lowest BCUT2D eigenvalue weighted by Crippen LogP contribution is -2.75. The number of anilines is 6. The average Bonchev–Trinajstić information content (AvgIpc) is 0.999. The zero-order valence-corrected chi connectivity index (χ0v) is 73.1. The van der Waals surface area contributed by atoms with E-state index in [1.54, 1.807) is 0 Å². The zero-order valence-electron chi connectivity index (χ0n) is 70.1. The van der Waals surface area contributed by atoms with Crippen molar-refractivity contribution in [3.63, 3.8) is 0 Å². The molecule has 127 heavy (non-hydrogen) atoms. The van der Waals surface area contributed by atoms with Gasteiger partial charge in [-0.1, -0.05) is 449 Å². The van der Waals surface area contributed by atoms with Crippen molar-refractivity contribution in [2.45, 2.75) is 0 Å². The van der Waals surface area contributed by atoms with Crippen LogP contribution < -0.4 is 88.4 Å². The monoisotopic (exact) mass is 1660 g/mol. The Morgan fingerprint density at radius 1 is 0.173 bits per heavy atom. The van der Waals surface area contributed by atoms with Crippen LogP contribution in [0.5, 0.6) is 0 Å². The molecule has 20 aromatic carbocycles. The molecule has 0 fully saturated rings. The molecular weight excluding hydrogens is 1580 g/mol. The van der Waals surface area contributed by atoms with Gasteiger partial charge in [-0.25, -0.2) is 0 Å². The number of nitrogens with zero attached hydrogens (tertiary/aromatic N) is 3. The molecule has 3 heterocycles. The molecule has 21 aromatic rings. The van der Waals surface area contributed by atoms with Crippen molar-refractivity contribution in [2.24, 2.45) is 0 Å². The number of rotatable bonds is 19. The van der Waals surface area contributed by atoms with Crippen molar-refractivity contribution in [3.8, 4) is 50.2 Å². The standard InChI is InChI=1S/C120H86BN3Si3/c1-13-42-87(43-14-1)88-72-74-92(75-73-88)122-115-85-105(126(98-55-25-7-26-56-98,99-57-27-8-28-58-99)100-59-29-9-30-60-100)76-78-111(115)121-112-79-77-106(127(101-61-31-10-32-62-101,102-63-33-11-34-64-102)103-65-35-12-36-66-103)86-116(112)123(93-48-41-67-104(82-93)125(95-49-19-4-20-50-95,96-51-21-5-22-52-96)97-53-23-6-24-54-97)118-81-91(80-117(122)120(118)121)119-109(89-44-15-2-16-45-89)83-94(84-110(119)90-46-17-3-18-47-90)124-113-70-39-37-68-107(113)108-69-38-40-71-114(108)124/h1-86H. The highest BCUT2D eigenvalue weighted by Gasteiger charge is 2.50. The lowest BCUT2D eigenvalue weighted by Gasteiger charge is -2.46. The fourth-order valence-corrected chi connectivity index (χ4v) is 35.9. The Hall–Kier alpha value is -15.5. The molecule has 1 aromatic heterocycles. The average molecular weight is 1670 g/mol. The van der Waals surface area contributed by atoms with Crippen molar-refractivity contribution in [1.29, 1.82) is 0 Å². The molecule has 0 saturated heterocycles. The van der Waals surface area contributed by atoms with Crippen LogP contribution in [-0.2, 0) is 0 Å². The summed E-state index contributed by atoms with van der Waals surface area (Å²) in [5.74, 6) is 0. The molecule has 0 bridgehead atoms. The molecule has 0 saturated carbocycles. The minimum atomic E-state index is -3.31. The van der Waals surface area contributed by atoms with Gasteiger partial charge in [0.2, 0.25) is 0 Å². The van der Waals surface area contributed by atoms with Gasteiger partial charge in [0, 0.05) is 50.6 Å². The summed E-state index contributed by atoms with van der Waals surface area (Å²) in [6.07, 6.45) is 0. The first kappa shape index (κ1) is 76.4. The molecule has 0 radical (unpaired) electrons. The van der Waals surface area contributed by atoms with Crippen LogP contribution >= 0.6 is 0 Å². The summed E-state index contributed by atoms with van der Waals surface area (Å²) in [5.41, 5.74) is 22.6. The highest BCUT2D eigenvalue weighted by molar-refractivity contribution is 7.21. The summed E-state index contributed by atoms with van der Waals surface area (Å²) in [4.78, 5) is 5.43. The second-order valence-electron chi connectivity index (χ2n) is 33.6. The fraction of sp³-hybridized carbons (Fsp3) is 0. The van der Waals surface area contributed by atoms with Crippen LogP contribution in [0.15, 0.2) is 522 Å². The molecular formula is C120H86BN3Si3. The summed E-state index contributed by atoms with van der Waals surface area (Å²) < 4.78 is 2.50. The highest BCUT2D eigenvalue weighted by Crippen LogP contribution is 2.51. The topological polar surface area (TPSA) is 11.4 Å². The first-order valence-electron chi connectivity index (χ1n) is 44.1. The minimum Gasteiger partial charge on any atom is -0.311 e. The van der Waals surface area contributed by atoms with Gasteiger partial charge in [-0.2, -0.15) is 0 Å². The van der Waals surface area contributed by atoms with Gasteiger partial charge in [-0.3, -0.25) is 0 Å². The van der Waals surface area contributed by atoms with Crippen LogP contribution in [0.25, 0.3) is 72.0 Å². The lowest BCUT2D eigenvalue weighted by atomic mass is 9.33. The van der Waals surface area contributed by atoms with Crippen molar-refractivity contribution in [1.82, 2.24) is 4.57 Å². The largest absolute Gasteiger partial charge is 0.311 e. The highest BCUT2D eigenvalue weighted by atomic mass is 28.3. The summed E-state index contributed by atoms with van der Waals surface area (Å²) in [7, 11) is -9.80. The Bertz CT molecular complexity index is 7190. The molecule has 0 aliphatic carbocycles. The third-order valence-electron chi connectivity index (χ3n) is 27.0. The van der Waals surface area contributed by atoms with Crippen LogP contribution in [0.3, 0.4) is 0 Å². The predicted octanol–water partition coefficient (Wildman–Crippen LogP) is 19.7. The molecule has 2 aliphatic rings. The van der Waals surface area contributed by atoms with Crippen LogP contribution in [0.1, 0.15) is 0 Å². The van der Waals surface area contributed by atoms with Gasteiger partial charge in [0.05, 0.1) is 11.0 Å². The maximum atomic E-state index is 2.74. The van der Waals surface area contributed by atoms with Gasteiger partial charge < -0.3 is 14.4 Å². The maximum absolute atomic E-state index is 3.31. The number of benzene rings is 20. The van der Waals surface area contributed by atoms with Crippen molar-refractivity contribution in [3.05, 3.63) is 522 Å². The molecule has 7 heteroatoms. The van der Waals surface area contributed by atoms with E-state index < -0.39 is 24.2 Å². The van der Waals surface area contributed by atoms with Gasteiger partial charge in [-0.05, 0) is 196 Å². The van der Waals surface area contributed by atoms with E-state index in [1.807, 2.05) is 0 Å². The van der Waals surface area contributed by atoms with Crippen LogP contribution in [0.2, 0.25) is 0 Å². The number of hydrogen-bond donors (Lipinski definition) is 0. The molecule has 0 unspecified atom stereocenters. The van der Waals surface area contributed by atoms with Gasteiger partial charge >= 0.3 is 0 Å². The molecule has 3 nitrogen and oxygen atoms in total. The smallest absolute Gasteiger partial charge is 0.252 e. The Morgan fingerprint density at radius 3 is 0.803 bits per heavy atom. The first-order valence-corrected chi connectivity index (χ1v) is 50.1. The number of aromatic nitrogens is 1. The van der Waals surface area contributed by atoms with E-state index in [1.165, 1.54) is 89.4 Å². The molecule has 23 rings (SSSR count). The molecule has 2 aliphatic heterocycles. The third-order valence-corrected chi connectivity index (χ3v) is 41.3. The second kappa shape index (κ2) is 32.3. The molecule has 0 N–H and O–H groups in total. The summed E-state index contributed by atoms with van der Waals surface area (Å²) >= 11 is 0. The molecule has 596 valence electrons. The van der Waals surface area contributed by atoms with Crippen LogP contribution in [0, 0.1) is 0 Å². The van der Waals surface area contributed by atoms with Gasteiger partial charge in [0.1, 0.15) is 0 Å². The zero-order chi connectivity index (χ0) is 84.3. The summed E-state index contributed by atoms with van der Waals surface area (Å²) in [6, 6.07) is 200. The van der Waals surface area contributed by atoms with Gasteiger partial charge in [0.15, 0.2) is 24.2 Å². The number of hydrogen-bond acceptors (Lipinski definition) is 2. The Labute approximate surface area is 746 Å². The quantitative estimate of drug-likeness (QED) is 0.0590. The first-order chi connectivity index (χ1) is 63.0. The van der Waals surface area contributed by atoms with E-state index in [0.717, 1.165) is 95.4 Å². The number of para-hydroxylation sites is 2. The SMILES string of the molecule is c1ccc(-c2ccc(N3c4cc([Si](c5ccccc5)(c5ccccc5)c5ccccc5)ccc4B4c5ccc([Si](c6ccccc6)(c6ccccc6)c6ccccc6)cc5N(c5cccc([Si](c6ccccc6)(c6ccccc6)c6ccccc6)c5)c5cc(-c6c(-c7ccccc7)cc(-n7c8ccccc8c8ccccc87)cc6-c6ccccc6)cc3c54)cc2)cc1. The molecule has 0 spiro atoms. The van der Waals surface area contributed by atoms with E-state index in [4.69, 9.17) is 0 Å². The van der Waals surface area contributed by atoms with Crippen molar-refractivity contribution in [2.75, 3.05) is 9.80 Å². The summed E-state index contributed by atoms with van der Waals surface area (Å²) in [6.45, 7) is -0.319. The van der Waals surface area contributed by atoms with E-state index in [0.29, 0.717) is 0 Å². The van der Waals surface area contributed by atoms with E-state index in [-0.39, 0.29) is 6.71 Å². The van der Waals surface area contributed by atoms with Crippen molar-refractivity contribution < 1.29 is 0 Å². The van der Waals surface area contributed by atoms with Crippen LogP contribution in [-0.4, -0.2) is 35.5 Å². The van der Waals surface area contributed by atoms with E-state index in [9.17, 15) is 0 Å². The summed E-state index contributed by atoms with van der Waals surface area (Å²) in [5, 5.41) is 18.1. The molecule has 0 amide bonds. The minimum absolute atomic E-state index is 0.319. The Balaban J connectivity index is 0.903. The lowest BCUT2D eigenvalue weighted by molar-refractivity contribution is 1.18.